The SMILES string of the molecule is CCN1CCCC(C(C)Nc2ccc(F)cc2[N+](=O)[O-])C1. The second-order valence-electron chi connectivity index (χ2n) is 5.65. The lowest BCUT2D eigenvalue weighted by molar-refractivity contribution is -0.384. The summed E-state index contributed by atoms with van der Waals surface area (Å²) in [5, 5.41) is 14.2. The highest BCUT2D eigenvalue weighted by Crippen LogP contribution is 2.28. The van der Waals surface area contributed by atoms with Gasteiger partial charge in [0.15, 0.2) is 0 Å². The number of nitro groups is 1. The van der Waals surface area contributed by atoms with E-state index >= 15 is 0 Å². The van der Waals surface area contributed by atoms with Crippen LogP contribution in [0.2, 0.25) is 0 Å². The van der Waals surface area contributed by atoms with Crippen molar-refractivity contribution in [1.29, 1.82) is 0 Å². The molecular weight excluding hydrogens is 273 g/mol. The van der Waals surface area contributed by atoms with Gasteiger partial charge in [0.2, 0.25) is 0 Å². The number of hydrogen-bond acceptors (Lipinski definition) is 4. The molecule has 1 N–H and O–H groups in total. The Balaban J connectivity index is 2.08. The maximum atomic E-state index is 13.2. The fourth-order valence-electron chi connectivity index (χ4n) is 2.93. The maximum Gasteiger partial charge on any atom is 0.295 e. The number of piperidine rings is 1. The predicted molar refractivity (Wildman–Crippen MR) is 81.0 cm³/mol. The van der Waals surface area contributed by atoms with Gasteiger partial charge in [0.1, 0.15) is 11.5 Å². The Morgan fingerprint density at radius 3 is 3.00 bits per heavy atom. The van der Waals surface area contributed by atoms with Crippen LogP contribution in [0.3, 0.4) is 0 Å². The lowest BCUT2D eigenvalue weighted by atomic mass is 9.91. The van der Waals surface area contributed by atoms with Crippen molar-refractivity contribution in [3.63, 3.8) is 0 Å². The molecule has 116 valence electrons. The molecule has 1 aromatic carbocycles. The molecule has 6 heteroatoms. The molecule has 0 amide bonds. The van der Waals surface area contributed by atoms with Gasteiger partial charge in [-0.25, -0.2) is 4.39 Å². The van der Waals surface area contributed by atoms with E-state index in [2.05, 4.69) is 17.1 Å². The largest absolute Gasteiger partial charge is 0.377 e. The number of rotatable bonds is 5. The number of anilines is 1. The fourth-order valence-corrected chi connectivity index (χ4v) is 2.93. The summed E-state index contributed by atoms with van der Waals surface area (Å²) in [7, 11) is 0. The Labute approximate surface area is 124 Å². The molecule has 1 fully saturated rings. The Bertz CT molecular complexity index is 510. The second-order valence-corrected chi connectivity index (χ2v) is 5.65. The van der Waals surface area contributed by atoms with E-state index in [1.165, 1.54) is 12.1 Å². The molecule has 21 heavy (non-hydrogen) atoms. The summed E-state index contributed by atoms with van der Waals surface area (Å²) in [5.74, 6) is -0.141. The van der Waals surface area contributed by atoms with Crippen LogP contribution in [0, 0.1) is 21.8 Å². The number of nitrogens with zero attached hydrogens (tertiary/aromatic N) is 2. The Kier molecular flexibility index (Phi) is 5.12. The van der Waals surface area contributed by atoms with Crippen molar-refractivity contribution in [2.45, 2.75) is 32.7 Å². The third-order valence-corrected chi connectivity index (χ3v) is 4.24. The first-order chi connectivity index (χ1) is 10.0. The number of likely N-dealkylation sites (tertiary alicyclic amines) is 1. The van der Waals surface area contributed by atoms with Crippen molar-refractivity contribution in [2.75, 3.05) is 25.0 Å². The zero-order valence-electron chi connectivity index (χ0n) is 12.5. The van der Waals surface area contributed by atoms with Crippen molar-refractivity contribution in [1.82, 2.24) is 4.90 Å². The number of hydrogen-bond donors (Lipinski definition) is 1. The summed E-state index contributed by atoms with van der Waals surface area (Å²) in [6.07, 6.45) is 2.26. The smallest absolute Gasteiger partial charge is 0.295 e. The standard InChI is InChI=1S/C15H22FN3O2/c1-3-18-8-4-5-12(10-18)11(2)17-14-7-6-13(16)9-15(14)19(20)21/h6-7,9,11-12,17H,3-5,8,10H2,1-2H3. The van der Waals surface area contributed by atoms with E-state index in [0.717, 1.165) is 38.5 Å². The highest BCUT2D eigenvalue weighted by molar-refractivity contribution is 5.61. The predicted octanol–water partition coefficient (Wildman–Crippen LogP) is 3.27. The Morgan fingerprint density at radius 1 is 1.57 bits per heavy atom. The minimum absolute atomic E-state index is 0.114. The number of nitro benzene ring substituents is 1. The average molecular weight is 295 g/mol. The zero-order valence-corrected chi connectivity index (χ0v) is 12.5. The van der Waals surface area contributed by atoms with Crippen LogP contribution >= 0.6 is 0 Å². The Morgan fingerprint density at radius 2 is 2.33 bits per heavy atom. The van der Waals surface area contributed by atoms with Gasteiger partial charge in [-0.05, 0) is 50.9 Å². The van der Waals surface area contributed by atoms with Crippen molar-refractivity contribution in [3.8, 4) is 0 Å². The van der Waals surface area contributed by atoms with Crippen LogP contribution in [-0.4, -0.2) is 35.5 Å². The molecule has 1 heterocycles. The highest BCUT2D eigenvalue weighted by Gasteiger charge is 2.25. The first-order valence-electron chi connectivity index (χ1n) is 7.44. The van der Waals surface area contributed by atoms with Crippen LogP contribution in [-0.2, 0) is 0 Å². The normalized spacial score (nSPS) is 21.0. The van der Waals surface area contributed by atoms with Crippen LogP contribution in [0.5, 0.6) is 0 Å². The van der Waals surface area contributed by atoms with Crippen molar-refractivity contribution >= 4 is 11.4 Å². The number of benzene rings is 1. The molecule has 0 bridgehead atoms. The number of halogens is 1. The monoisotopic (exact) mass is 295 g/mol. The summed E-state index contributed by atoms with van der Waals surface area (Å²) in [5.41, 5.74) is 0.188. The van der Waals surface area contributed by atoms with Crippen LogP contribution < -0.4 is 5.32 Å². The van der Waals surface area contributed by atoms with E-state index in [1.54, 1.807) is 0 Å². The van der Waals surface area contributed by atoms with E-state index < -0.39 is 10.7 Å². The maximum absolute atomic E-state index is 13.2. The quantitative estimate of drug-likeness (QED) is 0.669. The van der Waals surface area contributed by atoms with Crippen LogP contribution in [0.25, 0.3) is 0 Å². The lowest BCUT2D eigenvalue weighted by Crippen LogP contribution is -2.41. The molecule has 2 atom stereocenters. The summed E-state index contributed by atoms with van der Waals surface area (Å²) in [4.78, 5) is 12.9. The van der Waals surface area contributed by atoms with E-state index in [1.807, 2.05) is 6.92 Å². The summed E-state index contributed by atoms with van der Waals surface area (Å²) >= 11 is 0. The molecule has 0 aliphatic carbocycles. The molecule has 1 aromatic rings. The first-order valence-corrected chi connectivity index (χ1v) is 7.44. The average Bonchev–Trinajstić information content (AvgIpc) is 2.48. The molecule has 1 saturated heterocycles. The van der Waals surface area contributed by atoms with E-state index in [0.29, 0.717) is 11.6 Å². The zero-order chi connectivity index (χ0) is 15.4. The van der Waals surface area contributed by atoms with E-state index in [4.69, 9.17) is 0 Å². The van der Waals surface area contributed by atoms with Gasteiger partial charge in [0, 0.05) is 12.6 Å². The minimum Gasteiger partial charge on any atom is -0.377 e. The van der Waals surface area contributed by atoms with Gasteiger partial charge < -0.3 is 10.2 Å². The van der Waals surface area contributed by atoms with Gasteiger partial charge in [-0.2, -0.15) is 0 Å². The van der Waals surface area contributed by atoms with Crippen molar-refractivity contribution in [3.05, 3.63) is 34.1 Å². The van der Waals surface area contributed by atoms with Gasteiger partial charge in [-0.15, -0.1) is 0 Å². The molecule has 2 rings (SSSR count). The molecule has 1 aliphatic heterocycles. The van der Waals surface area contributed by atoms with Gasteiger partial charge in [-0.3, -0.25) is 10.1 Å². The molecule has 0 saturated carbocycles. The van der Waals surface area contributed by atoms with Gasteiger partial charge in [0.25, 0.3) is 5.69 Å². The number of nitrogens with one attached hydrogen (secondary N) is 1. The van der Waals surface area contributed by atoms with Gasteiger partial charge in [0.05, 0.1) is 11.0 Å². The summed E-state index contributed by atoms with van der Waals surface area (Å²) in [6, 6.07) is 3.78. The topological polar surface area (TPSA) is 58.4 Å². The van der Waals surface area contributed by atoms with E-state index in [9.17, 15) is 14.5 Å². The molecule has 5 nitrogen and oxygen atoms in total. The summed E-state index contributed by atoms with van der Waals surface area (Å²) in [6.45, 7) is 7.33. The van der Waals surface area contributed by atoms with E-state index in [-0.39, 0.29) is 11.7 Å². The third-order valence-electron chi connectivity index (χ3n) is 4.24. The molecular formula is C15H22FN3O2. The van der Waals surface area contributed by atoms with Crippen LogP contribution in [0.15, 0.2) is 18.2 Å². The van der Waals surface area contributed by atoms with Gasteiger partial charge in [-0.1, -0.05) is 6.92 Å². The molecule has 0 radical (unpaired) electrons. The Hall–Kier alpha value is -1.69. The highest BCUT2D eigenvalue weighted by atomic mass is 19.1. The molecule has 0 aromatic heterocycles. The fraction of sp³-hybridized carbons (Fsp3) is 0.600. The minimum atomic E-state index is -0.588. The molecule has 0 spiro atoms. The van der Waals surface area contributed by atoms with Crippen LogP contribution in [0.4, 0.5) is 15.8 Å². The molecule has 1 aliphatic rings. The molecule has 2 unspecified atom stereocenters. The summed E-state index contributed by atoms with van der Waals surface area (Å²) < 4.78 is 13.2. The second kappa shape index (κ2) is 6.85. The third kappa shape index (κ3) is 3.91. The van der Waals surface area contributed by atoms with Crippen molar-refractivity contribution in [2.24, 2.45) is 5.92 Å². The first kappa shape index (κ1) is 15.7. The lowest BCUT2D eigenvalue weighted by Gasteiger charge is -2.35. The van der Waals surface area contributed by atoms with Crippen LogP contribution in [0.1, 0.15) is 26.7 Å². The van der Waals surface area contributed by atoms with Crippen molar-refractivity contribution < 1.29 is 9.31 Å². The van der Waals surface area contributed by atoms with Gasteiger partial charge >= 0.3 is 0 Å².